The van der Waals surface area contributed by atoms with Crippen molar-refractivity contribution in [2.24, 2.45) is 0 Å². The molecule has 79 heavy (non-hydrogen) atoms. The number of hydrogen-bond donors (Lipinski definition) is 0. The number of benzene rings is 10. The smallest absolute Gasteiger partial charge is 0.166 e. The Labute approximate surface area is 471 Å². The predicted octanol–water partition coefficient (Wildman–Crippen LogP) is 22.4. The normalized spacial score (nSPS) is 10.5. The Morgan fingerprint density at radius 1 is 0.316 bits per heavy atom. The van der Waals surface area contributed by atoms with E-state index in [9.17, 15) is 8.78 Å². The Kier molecular flexibility index (Phi) is 23.3. The fourth-order valence-electron chi connectivity index (χ4n) is 8.40. The van der Waals surface area contributed by atoms with E-state index in [-0.39, 0.29) is 0 Å². The molecule has 0 amide bonds. The van der Waals surface area contributed by atoms with E-state index in [1.54, 1.807) is 31.2 Å². The quantitative estimate of drug-likeness (QED) is 0.120. The molecule has 0 aliphatic carbocycles. The van der Waals surface area contributed by atoms with E-state index >= 15 is 0 Å². The number of hydrogen-bond acceptors (Lipinski definition) is 0. The highest BCUT2D eigenvalue weighted by Crippen LogP contribution is 2.27. The summed E-state index contributed by atoms with van der Waals surface area (Å²) in [5.41, 5.74) is 23.0. The van der Waals surface area contributed by atoms with Gasteiger partial charge in [0.05, 0.1) is 0 Å². The van der Waals surface area contributed by atoms with Crippen LogP contribution < -0.4 is 0 Å². The zero-order valence-electron chi connectivity index (χ0n) is 47.7. The summed E-state index contributed by atoms with van der Waals surface area (Å²) in [5, 5.41) is 0. The number of rotatable bonds is 10. The first-order valence-electron chi connectivity index (χ1n) is 27.2. The van der Waals surface area contributed by atoms with Gasteiger partial charge in [0.2, 0.25) is 0 Å². The predicted molar refractivity (Wildman–Crippen MR) is 340 cm³/mol. The maximum absolute atomic E-state index is 13.7. The summed E-state index contributed by atoms with van der Waals surface area (Å²) in [4.78, 5) is 0. The topological polar surface area (TPSA) is 0 Å². The molecule has 0 bridgehead atoms. The molecular weight excluding hydrogens is 963 g/mol. The minimum absolute atomic E-state index is 0.308. The largest absolute Gasteiger partial charge is 0.203 e. The van der Waals surface area contributed by atoms with Crippen LogP contribution in [0.5, 0.6) is 0 Å². The summed E-state index contributed by atoms with van der Waals surface area (Å²) >= 11 is 0. The lowest BCUT2D eigenvalue weighted by Gasteiger charge is -2.06. The first-order valence-corrected chi connectivity index (χ1v) is 27.2. The highest BCUT2D eigenvalue weighted by Gasteiger charge is 2.12. The number of halogens is 2. The zero-order valence-corrected chi connectivity index (χ0v) is 47.7. The lowest BCUT2D eigenvalue weighted by Crippen LogP contribution is -1.92. The van der Waals surface area contributed by atoms with Crippen LogP contribution in [-0.4, -0.2) is 0 Å². The van der Waals surface area contributed by atoms with Gasteiger partial charge in [-0.2, -0.15) is 0 Å². The van der Waals surface area contributed by atoms with Crippen LogP contribution in [0.1, 0.15) is 75.9 Å². The first-order chi connectivity index (χ1) is 38.2. The molecule has 2 heteroatoms. The molecule has 0 atom stereocenters. The second kappa shape index (κ2) is 30.9. The third-order valence-electron chi connectivity index (χ3n) is 13.4. The average molecular weight is 1040 g/mol. The van der Waals surface area contributed by atoms with Gasteiger partial charge in [-0.3, -0.25) is 0 Å². The van der Waals surface area contributed by atoms with E-state index in [4.69, 9.17) is 0 Å². The highest BCUT2D eigenvalue weighted by molar-refractivity contribution is 5.69. The van der Waals surface area contributed by atoms with Gasteiger partial charge in [-0.05, 0) is 147 Å². The van der Waals surface area contributed by atoms with E-state index in [0.29, 0.717) is 16.7 Å². The maximum atomic E-state index is 13.7. The lowest BCUT2D eigenvalue weighted by molar-refractivity contribution is 0.505. The third-order valence-corrected chi connectivity index (χ3v) is 13.4. The van der Waals surface area contributed by atoms with E-state index in [1.807, 2.05) is 32.1 Å². The van der Waals surface area contributed by atoms with Gasteiger partial charge in [0.25, 0.3) is 0 Å². The van der Waals surface area contributed by atoms with Gasteiger partial charge < -0.3 is 0 Å². The van der Waals surface area contributed by atoms with Crippen molar-refractivity contribution in [1.82, 2.24) is 0 Å². The standard InChI is InChI=1S/C18H20.C16H16.C15H14.C14H12F2.C14H14/c1-3-4-5-6-16-9-13-18(14-10-16)17-11-7-15(2)8-12-17;1-3-4-14-7-11-16(12-8-14)15-9-5-13(2)6-10-15;1-3-13-6-10-15(11-7-13)14-8-4-12(2)5-9-14;1-9-3-6-11(7-4-9)12-8-5-10(2)13(15)14(12)16;1-11-3-7-13(8-4-11)14-9-5-12(2)6-10-14/h3-4,7-14H,5-6H2,1-2H3;3-12H,1-2H3;3-11H,1H2,2H3;3-8H,1-2H3;3-10H,1-2H3/b2*4-3+;;;. The van der Waals surface area contributed by atoms with Gasteiger partial charge >= 0.3 is 0 Å². The Morgan fingerprint density at radius 2 is 0.608 bits per heavy atom. The molecule has 0 saturated heterocycles. The lowest BCUT2D eigenvalue weighted by atomic mass is 10.0. The first kappa shape index (κ1) is 59.5. The molecule has 10 aromatic rings. The second-order valence-electron chi connectivity index (χ2n) is 20.0. The van der Waals surface area contributed by atoms with Crippen molar-refractivity contribution in [1.29, 1.82) is 0 Å². The third kappa shape index (κ3) is 19.1. The number of aryl methyl sites for hydroxylation is 8. The van der Waals surface area contributed by atoms with Crippen LogP contribution in [0.2, 0.25) is 0 Å². The monoisotopic (exact) mass is 1040 g/mol. The van der Waals surface area contributed by atoms with Crippen LogP contribution in [0.25, 0.3) is 67.8 Å². The molecular formula is C77H76F2. The van der Waals surface area contributed by atoms with Gasteiger partial charge in [-0.1, -0.05) is 301 Å². The van der Waals surface area contributed by atoms with Crippen LogP contribution in [0.3, 0.4) is 0 Å². The SMILES string of the molecule is C/C=C/CCc1ccc(-c2ccc(C)cc2)cc1.C/C=C/c1ccc(-c2ccc(C)cc2)cc1.C=Cc1ccc(-c2ccc(C)cc2)cc1.Cc1ccc(-c2ccc(C)c(F)c2F)cc1.Cc1ccc(-c2ccc(C)cc2)cc1. The summed E-state index contributed by atoms with van der Waals surface area (Å²) < 4.78 is 27.1. The van der Waals surface area contributed by atoms with E-state index in [0.717, 1.165) is 24.0 Å². The van der Waals surface area contributed by atoms with Gasteiger partial charge in [-0.15, -0.1) is 0 Å². The van der Waals surface area contributed by atoms with E-state index in [1.165, 1.54) is 83.5 Å². The van der Waals surface area contributed by atoms with Crippen LogP contribution in [0.4, 0.5) is 8.78 Å². The number of allylic oxidation sites excluding steroid dienone is 3. The van der Waals surface area contributed by atoms with Crippen molar-refractivity contribution < 1.29 is 8.78 Å². The molecule has 0 unspecified atom stereocenters. The second-order valence-corrected chi connectivity index (χ2v) is 20.0. The van der Waals surface area contributed by atoms with Crippen LogP contribution in [0, 0.1) is 60.1 Å². The van der Waals surface area contributed by atoms with Crippen LogP contribution >= 0.6 is 0 Å². The van der Waals surface area contributed by atoms with Gasteiger partial charge in [0.1, 0.15) is 0 Å². The fourth-order valence-corrected chi connectivity index (χ4v) is 8.40. The van der Waals surface area contributed by atoms with Crippen molar-refractivity contribution in [3.8, 4) is 55.6 Å². The van der Waals surface area contributed by atoms with Crippen molar-refractivity contribution in [2.45, 2.75) is 75.2 Å². The molecule has 0 fully saturated rings. The Balaban J connectivity index is 0.000000160. The summed E-state index contributed by atoms with van der Waals surface area (Å²) in [6.45, 7) is 21.9. The molecule has 0 aliphatic heterocycles. The zero-order chi connectivity index (χ0) is 56.5. The van der Waals surface area contributed by atoms with Gasteiger partial charge in [0.15, 0.2) is 11.6 Å². The van der Waals surface area contributed by atoms with Gasteiger partial charge in [0, 0.05) is 5.56 Å². The molecule has 0 nitrogen and oxygen atoms in total. The molecule has 0 aromatic heterocycles. The highest BCUT2D eigenvalue weighted by atomic mass is 19.2. The Morgan fingerprint density at radius 3 is 0.911 bits per heavy atom. The molecule has 0 heterocycles. The molecule has 0 aliphatic rings. The molecule has 0 N–H and O–H groups in total. The van der Waals surface area contributed by atoms with Crippen molar-refractivity contribution >= 4 is 12.2 Å². The minimum Gasteiger partial charge on any atom is -0.203 e. The Hall–Kier alpha value is -8.72. The minimum atomic E-state index is -0.774. The van der Waals surface area contributed by atoms with Crippen molar-refractivity contribution in [3.63, 3.8) is 0 Å². The molecule has 0 radical (unpaired) electrons. The van der Waals surface area contributed by atoms with E-state index < -0.39 is 11.6 Å². The summed E-state index contributed by atoms with van der Waals surface area (Å²) in [6, 6.07) is 79.7. The summed E-state index contributed by atoms with van der Waals surface area (Å²) in [7, 11) is 0. The molecule has 10 rings (SSSR count). The molecule has 398 valence electrons. The Bertz CT molecular complexity index is 3410. The maximum Gasteiger partial charge on any atom is 0.166 e. The summed E-state index contributed by atoms with van der Waals surface area (Å²) in [5.74, 6) is -1.54. The summed E-state index contributed by atoms with van der Waals surface area (Å²) in [6.07, 6.45) is 12.6. The van der Waals surface area contributed by atoms with E-state index in [2.05, 4.69) is 267 Å². The van der Waals surface area contributed by atoms with Gasteiger partial charge in [-0.25, -0.2) is 8.78 Å². The van der Waals surface area contributed by atoms with Crippen molar-refractivity contribution in [2.75, 3.05) is 0 Å². The van der Waals surface area contributed by atoms with Crippen LogP contribution in [-0.2, 0) is 6.42 Å². The fraction of sp³-hybridized carbons (Fsp3) is 0.143. The van der Waals surface area contributed by atoms with Crippen molar-refractivity contribution in [3.05, 3.63) is 323 Å². The molecule has 0 saturated carbocycles. The average Bonchev–Trinajstić information content (AvgIpc) is 3.48. The molecule has 10 aromatic carbocycles. The van der Waals surface area contributed by atoms with Crippen LogP contribution in [0.15, 0.2) is 255 Å². The molecule has 0 spiro atoms.